The fourth-order valence-electron chi connectivity index (χ4n) is 2.14. The molecule has 1 atom stereocenters. The number of rotatable bonds is 6. The fraction of sp³-hybridized carbons (Fsp3) is 0.250. The van der Waals surface area contributed by atoms with Gasteiger partial charge in [0, 0.05) is 29.0 Å². The van der Waals surface area contributed by atoms with E-state index in [1.54, 1.807) is 7.05 Å². The van der Waals surface area contributed by atoms with Crippen molar-refractivity contribution in [2.75, 3.05) is 13.6 Å². The number of nitrogens with one attached hydrogen (secondary N) is 1. The highest BCUT2D eigenvalue weighted by Crippen LogP contribution is 2.36. The van der Waals surface area contributed by atoms with Gasteiger partial charge in [-0.2, -0.15) is 0 Å². The lowest BCUT2D eigenvalue weighted by molar-refractivity contribution is -0.134. The summed E-state index contributed by atoms with van der Waals surface area (Å²) in [6, 6.07) is 0.931. The highest BCUT2D eigenvalue weighted by Gasteiger charge is 2.16. The molecule has 0 unspecified atom stereocenters. The van der Waals surface area contributed by atoms with Crippen molar-refractivity contribution in [3.8, 4) is 11.5 Å². The Morgan fingerprint density at radius 1 is 1.31 bits per heavy atom. The second-order valence-electron chi connectivity index (χ2n) is 5.21. The average molecular weight is 380 g/mol. The molecule has 0 amide bonds. The molecule has 1 heterocycles. The van der Waals surface area contributed by atoms with Crippen molar-refractivity contribution in [1.29, 1.82) is 0 Å². The molecule has 0 saturated carbocycles. The molecule has 6 heteroatoms. The number of carboxylic acids is 1. The Morgan fingerprint density at radius 2 is 2.00 bits per heavy atom. The Balaban J connectivity index is 0.000000837. The van der Waals surface area contributed by atoms with Crippen LogP contribution in [-0.4, -0.2) is 29.8 Å². The molecular weight excluding hydrogens is 350 g/mol. The molecule has 0 saturated heterocycles. The van der Waals surface area contributed by atoms with Gasteiger partial charge in [-0.1, -0.05) is 30.2 Å². The van der Waals surface area contributed by atoms with E-state index in [0.717, 1.165) is 11.8 Å². The van der Waals surface area contributed by atoms with Gasteiger partial charge >= 0.3 is 0 Å². The van der Waals surface area contributed by atoms with Gasteiger partial charge in [0.15, 0.2) is 0 Å². The van der Waals surface area contributed by atoms with E-state index in [-0.39, 0.29) is 16.5 Å². The van der Waals surface area contributed by atoms with Crippen molar-refractivity contribution < 1.29 is 28.0 Å². The first-order valence-corrected chi connectivity index (χ1v) is 8.67. The third kappa shape index (κ3) is 5.47. The highest BCUT2D eigenvalue weighted by molar-refractivity contribution is 7.10. The topological polar surface area (TPSA) is 78.8 Å². The largest absolute Gasteiger partial charge is 0.507 e. The molecule has 0 bridgehead atoms. The second kappa shape index (κ2) is 9.79. The van der Waals surface area contributed by atoms with Crippen molar-refractivity contribution in [3.63, 3.8) is 0 Å². The zero-order valence-electron chi connectivity index (χ0n) is 20.3. The number of thiophene rings is 1. The summed E-state index contributed by atoms with van der Waals surface area (Å²) in [7, 11) is 1.80. The maximum absolute atomic E-state index is 10.3. The number of fused-ring (bicyclic) bond motifs is 1. The number of carboxylic acid groups (broad SMARTS) is 1. The van der Waals surface area contributed by atoms with Gasteiger partial charge in [-0.25, -0.2) is 0 Å². The van der Waals surface area contributed by atoms with Gasteiger partial charge in [0.25, 0.3) is 5.97 Å². The predicted octanol–water partition coefficient (Wildman–Crippen LogP) is 4.43. The molecule has 0 fully saturated rings. The van der Waals surface area contributed by atoms with Gasteiger partial charge in [-0.15, -0.1) is 11.3 Å². The van der Waals surface area contributed by atoms with E-state index in [4.69, 9.17) is 22.9 Å². The first-order chi connectivity index (χ1) is 15.0. The third-order valence-electron chi connectivity index (χ3n) is 3.22. The van der Waals surface area contributed by atoms with Crippen LogP contribution in [-0.2, 0) is 4.79 Å². The minimum atomic E-state index is -0.833. The summed E-state index contributed by atoms with van der Waals surface area (Å²) < 4.78 is 54.5. The average Bonchev–Trinajstić information content (AvgIpc) is 3.27. The summed E-state index contributed by atoms with van der Waals surface area (Å²) in [6.45, 7) is 1.71. The van der Waals surface area contributed by atoms with Crippen LogP contribution in [0.5, 0.6) is 11.5 Å². The van der Waals surface area contributed by atoms with Gasteiger partial charge in [0.2, 0.25) is 0 Å². The molecular formula is C20H23NO4S. The molecule has 26 heavy (non-hydrogen) atoms. The van der Waals surface area contributed by atoms with E-state index in [1.807, 2.05) is 17.5 Å². The highest BCUT2D eigenvalue weighted by atomic mass is 32.1. The molecule has 0 aliphatic heterocycles. The van der Waals surface area contributed by atoms with Gasteiger partial charge in [0.1, 0.15) is 17.6 Å². The van der Waals surface area contributed by atoms with Crippen LogP contribution >= 0.6 is 11.3 Å². The number of ether oxygens (including phenoxy) is 1. The smallest absolute Gasteiger partial charge is 0.300 e. The summed E-state index contributed by atoms with van der Waals surface area (Å²) in [4.78, 5) is 9.89. The quantitative estimate of drug-likeness (QED) is 0.591. The van der Waals surface area contributed by atoms with Crippen molar-refractivity contribution in [2.24, 2.45) is 0 Å². The Kier molecular flexibility index (Phi) is 4.80. The Morgan fingerprint density at radius 3 is 2.62 bits per heavy atom. The van der Waals surface area contributed by atoms with Crippen LogP contribution in [0, 0.1) is 0 Å². The lowest BCUT2D eigenvalue weighted by Gasteiger charge is -2.19. The van der Waals surface area contributed by atoms with Crippen LogP contribution in [0.15, 0.2) is 53.8 Å². The minimum Gasteiger partial charge on any atom is -0.507 e. The van der Waals surface area contributed by atoms with E-state index >= 15 is 0 Å². The molecule has 3 N–H and O–H groups in total. The van der Waals surface area contributed by atoms with E-state index in [9.17, 15) is 5.11 Å². The summed E-state index contributed by atoms with van der Waals surface area (Å²) in [6.07, 6.45) is 0.0828. The van der Waals surface area contributed by atoms with Gasteiger partial charge in [0.05, 0.1) is 8.22 Å². The van der Waals surface area contributed by atoms with Crippen molar-refractivity contribution in [2.45, 2.75) is 19.4 Å². The zero-order chi connectivity index (χ0) is 24.2. The normalized spacial score (nSPS) is 14.7. The monoisotopic (exact) mass is 379 g/mol. The predicted molar refractivity (Wildman–Crippen MR) is 105 cm³/mol. The molecule has 138 valence electrons. The SMILES string of the molecule is CC(=O)O.[2H]c1c([2H])c([2H])c2c(O[C@@H](CCNC)c3cccs3)c([2H])c([2H])c(O)c2c1[2H]. The van der Waals surface area contributed by atoms with Crippen LogP contribution < -0.4 is 10.1 Å². The first kappa shape index (κ1) is 12.7. The summed E-state index contributed by atoms with van der Waals surface area (Å²) in [5.41, 5.74) is 0. The number of benzene rings is 2. The second-order valence-corrected chi connectivity index (χ2v) is 6.19. The third-order valence-corrected chi connectivity index (χ3v) is 4.19. The van der Waals surface area contributed by atoms with Crippen molar-refractivity contribution in [3.05, 3.63) is 58.6 Å². The number of phenols is 1. The van der Waals surface area contributed by atoms with E-state index in [1.165, 1.54) is 11.3 Å². The standard InChI is InChI=1S/C18H19NO2S.C2H4O2/c1-19-11-10-17(18-7-4-12-22-18)21-16-9-8-15(20)13-5-2-3-6-14(13)16;1-2(3)4/h2-9,12,17,19-20H,10-11H2,1H3;1H3,(H,3,4)/t17-;/m0./s1/i2D,3D,5D,6D,8D,9D;. The first-order valence-electron chi connectivity index (χ1n) is 10.8. The van der Waals surface area contributed by atoms with Crippen LogP contribution in [0.25, 0.3) is 10.8 Å². The Bertz CT molecular complexity index is 1110. The number of carbonyl (C=O) groups is 1. The van der Waals surface area contributed by atoms with E-state index in [0.29, 0.717) is 13.0 Å². The van der Waals surface area contributed by atoms with Gasteiger partial charge in [-0.3, -0.25) is 4.79 Å². The molecule has 0 spiro atoms. The Labute approximate surface area is 165 Å². The Hall–Kier alpha value is -2.57. The maximum atomic E-state index is 10.3. The summed E-state index contributed by atoms with van der Waals surface area (Å²) in [5.74, 6) is -1.61. The van der Waals surface area contributed by atoms with Crippen LogP contribution in [0.1, 0.15) is 32.6 Å². The number of hydrogen-bond acceptors (Lipinski definition) is 5. The van der Waals surface area contributed by atoms with Crippen molar-refractivity contribution in [1.82, 2.24) is 5.32 Å². The number of hydrogen-bond donors (Lipinski definition) is 3. The maximum Gasteiger partial charge on any atom is 0.300 e. The number of aliphatic carboxylic acids is 1. The zero-order valence-corrected chi connectivity index (χ0v) is 15.2. The van der Waals surface area contributed by atoms with E-state index in [2.05, 4.69) is 5.32 Å². The van der Waals surface area contributed by atoms with Gasteiger partial charge < -0.3 is 20.3 Å². The van der Waals surface area contributed by atoms with Gasteiger partial charge in [-0.05, 0) is 37.1 Å². The number of aromatic hydroxyl groups is 1. The van der Waals surface area contributed by atoms with Crippen molar-refractivity contribution >= 4 is 28.1 Å². The van der Waals surface area contributed by atoms with Crippen LogP contribution in [0.2, 0.25) is 0 Å². The molecule has 0 radical (unpaired) electrons. The molecule has 0 aliphatic rings. The molecule has 3 aromatic rings. The van der Waals surface area contributed by atoms with Crippen LogP contribution in [0.3, 0.4) is 0 Å². The summed E-state index contributed by atoms with van der Waals surface area (Å²) in [5, 5.41) is 22.4. The minimum absolute atomic E-state index is 0.0875. The lowest BCUT2D eigenvalue weighted by Crippen LogP contribution is -2.15. The number of phenolic OH excluding ortho intramolecular Hbond substituents is 1. The van der Waals surface area contributed by atoms with Crippen LogP contribution in [0.4, 0.5) is 0 Å². The molecule has 2 aromatic carbocycles. The molecule has 0 aliphatic carbocycles. The molecule has 3 rings (SSSR count). The molecule has 5 nitrogen and oxygen atoms in total. The fourth-order valence-corrected chi connectivity index (χ4v) is 2.93. The lowest BCUT2D eigenvalue weighted by atomic mass is 10.1. The summed E-state index contributed by atoms with van der Waals surface area (Å²) >= 11 is 1.47. The van der Waals surface area contributed by atoms with E-state index < -0.39 is 54.1 Å². The molecule has 1 aromatic heterocycles.